The Morgan fingerprint density at radius 3 is 2.86 bits per heavy atom. The van der Waals surface area contributed by atoms with Crippen LogP contribution in [0.3, 0.4) is 0 Å². The number of anilines is 1. The molecule has 4 rings (SSSR count). The van der Waals surface area contributed by atoms with Gasteiger partial charge in [-0.1, -0.05) is 5.21 Å². The molecule has 1 atom stereocenters. The van der Waals surface area contributed by atoms with Crippen molar-refractivity contribution >= 4 is 17.7 Å². The maximum absolute atomic E-state index is 14.7. The minimum atomic E-state index is -0.600. The Morgan fingerprint density at radius 2 is 2.14 bits per heavy atom. The highest BCUT2D eigenvalue weighted by Crippen LogP contribution is 2.25. The van der Waals surface area contributed by atoms with E-state index in [0.717, 1.165) is 0 Å². The molecule has 0 aliphatic carbocycles. The van der Waals surface area contributed by atoms with Crippen LogP contribution in [-0.2, 0) is 9.53 Å². The number of carbonyl (C=O) groups is 2. The van der Waals surface area contributed by atoms with E-state index in [9.17, 15) is 14.0 Å². The summed E-state index contributed by atoms with van der Waals surface area (Å²) in [6, 6.07) is 5.97. The summed E-state index contributed by atoms with van der Waals surface area (Å²) < 4.78 is 21.2. The summed E-state index contributed by atoms with van der Waals surface area (Å²) in [5, 5.41) is 10.5. The molecule has 29 heavy (non-hydrogen) atoms. The lowest BCUT2D eigenvalue weighted by Crippen LogP contribution is -2.33. The van der Waals surface area contributed by atoms with Gasteiger partial charge in [0.2, 0.25) is 5.91 Å². The average molecular weight is 397 g/mol. The summed E-state index contributed by atoms with van der Waals surface area (Å²) in [5.74, 6) is -0.435. The minimum Gasteiger partial charge on any atom is -0.442 e. The maximum Gasteiger partial charge on any atom is 0.414 e. The van der Waals surface area contributed by atoms with Crippen molar-refractivity contribution in [1.82, 2.24) is 30.3 Å². The van der Waals surface area contributed by atoms with E-state index in [1.807, 2.05) is 0 Å². The monoisotopic (exact) mass is 397 g/mol. The smallest absolute Gasteiger partial charge is 0.414 e. The molecule has 10 nitrogen and oxygen atoms in total. The molecule has 1 saturated heterocycles. The highest BCUT2D eigenvalue weighted by Gasteiger charge is 2.32. The highest BCUT2D eigenvalue weighted by atomic mass is 19.1. The van der Waals surface area contributed by atoms with Crippen LogP contribution in [0, 0.1) is 5.82 Å². The van der Waals surface area contributed by atoms with Gasteiger partial charge >= 0.3 is 6.09 Å². The van der Waals surface area contributed by atoms with Crippen LogP contribution in [0.5, 0.6) is 0 Å². The number of aromatic nitrogens is 5. The fourth-order valence-electron chi connectivity index (χ4n) is 2.86. The standard InChI is InChI=1S/C18H16FN7O3/c1-11(27)22-8-13-9-25(18(28)29-13)12-3-4-16(14(19)7-12)26-10-15(23-24-26)17-20-5-2-6-21-17/h2-7,10,13H,8-9H2,1H3,(H,22,27)/t13-/m0/s1. The van der Waals surface area contributed by atoms with E-state index in [2.05, 4.69) is 25.6 Å². The van der Waals surface area contributed by atoms with Crippen LogP contribution < -0.4 is 10.2 Å². The number of benzene rings is 1. The van der Waals surface area contributed by atoms with Crippen molar-refractivity contribution in [3.8, 4) is 17.2 Å². The molecule has 1 aliphatic heterocycles. The molecule has 0 radical (unpaired) electrons. The zero-order chi connectivity index (χ0) is 20.4. The molecule has 0 unspecified atom stereocenters. The van der Waals surface area contributed by atoms with Crippen LogP contribution in [0.2, 0.25) is 0 Å². The molecule has 2 aromatic heterocycles. The van der Waals surface area contributed by atoms with E-state index < -0.39 is 18.0 Å². The number of cyclic esters (lactones) is 1. The van der Waals surface area contributed by atoms with Gasteiger partial charge in [0.05, 0.1) is 25.0 Å². The van der Waals surface area contributed by atoms with Crippen LogP contribution in [-0.4, -0.2) is 56.2 Å². The number of nitrogens with one attached hydrogen (secondary N) is 1. The van der Waals surface area contributed by atoms with Gasteiger partial charge in [-0.25, -0.2) is 23.8 Å². The second kappa shape index (κ2) is 7.62. The quantitative estimate of drug-likeness (QED) is 0.690. The first kappa shape index (κ1) is 18.5. The third kappa shape index (κ3) is 3.88. The molecule has 3 heterocycles. The van der Waals surface area contributed by atoms with Crippen molar-refractivity contribution in [2.75, 3.05) is 18.0 Å². The predicted octanol–water partition coefficient (Wildman–Crippen LogP) is 1.32. The minimum absolute atomic E-state index is 0.158. The van der Waals surface area contributed by atoms with Crippen LogP contribution in [0.4, 0.5) is 14.9 Å². The molecular weight excluding hydrogens is 381 g/mol. The second-order valence-corrected chi connectivity index (χ2v) is 6.31. The van der Waals surface area contributed by atoms with Crippen LogP contribution in [0.1, 0.15) is 6.92 Å². The summed E-state index contributed by atoms with van der Waals surface area (Å²) in [5.41, 5.74) is 0.900. The van der Waals surface area contributed by atoms with Gasteiger partial charge in [0.15, 0.2) is 17.3 Å². The van der Waals surface area contributed by atoms with Crippen molar-refractivity contribution in [2.24, 2.45) is 0 Å². The molecule has 1 N–H and O–H groups in total. The number of hydrogen-bond acceptors (Lipinski definition) is 7. The number of amides is 2. The molecule has 1 fully saturated rings. The Kier molecular flexibility index (Phi) is 4.85. The van der Waals surface area contributed by atoms with Gasteiger partial charge < -0.3 is 10.1 Å². The van der Waals surface area contributed by atoms with Crippen molar-refractivity contribution in [2.45, 2.75) is 13.0 Å². The van der Waals surface area contributed by atoms with Gasteiger partial charge in [0.25, 0.3) is 0 Å². The van der Waals surface area contributed by atoms with E-state index in [1.165, 1.54) is 34.8 Å². The van der Waals surface area contributed by atoms with E-state index >= 15 is 0 Å². The first-order chi connectivity index (χ1) is 14.0. The van der Waals surface area contributed by atoms with E-state index in [0.29, 0.717) is 17.2 Å². The molecular formula is C18H16FN7O3. The summed E-state index contributed by atoms with van der Waals surface area (Å²) in [4.78, 5) is 32.6. The molecule has 1 aliphatic rings. The number of halogens is 1. The Balaban J connectivity index is 1.52. The van der Waals surface area contributed by atoms with Crippen LogP contribution in [0.25, 0.3) is 17.2 Å². The number of rotatable bonds is 5. The third-order valence-corrected chi connectivity index (χ3v) is 4.23. The zero-order valence-electron chi connectivity index (χ0n) is 15.3. The maximum atomic E-state index is 14.7. The van der Waals surface area contributed by atoms with Crippen molar-refractivity contribution in [3.05, 3.63) is 48.7 Å². The largest absolute Gasteiger partial charge is 0.442 e. The highest BCUT2D eigenvalue weighted by molar-refractivity contribution is 5.90. The molecule has 0 bridgehead atoms. The number of hydrogen-bond donors (Lipinski definition) is 1. The zero-order valence-corrected chi connectivity index (χ0v) is 15.3. The third-order valence-electron chi connectivity index (χ3n) is 4.23. The number of carbonyl (C=O) groups excluding carboxylic acids is 2. The number of ether oxygens (including phenoxy) is 1. The van der Waals surface area contributed by atoms with Gasteiger partial charge in [0, 0.05) is 19.3 Å². The lowest BCUT2D eigenvalue weighted by atomic mass is 10.2. The Morgan fingerprint density at radius 1 is 1.34 bits per heavy atom. The predicted molar refractivity (Wildman–Crippen MR) is 98.6 cm³/mol. The van der Waals surface area contributed by atoms with Gasteiger partial charge in [0.1, 0.15) is 11.8 Å². The second-order valence-electron chi connectivity index (χ2n) is 6.31. The summed E-state index contributed by atoms with van der Waals surface area (Å²) in [7, 11) is 0. The molecule has 148 valence electrons. The summed E-state index contributed by atoms with van der Waals surface area (Å²) in [6.07, 6.45) is 3.56. The first-order valence-corrected chi connectivity index (χ1v) is 8.73. The molecule has 11 heteroatoms. The fourth-order valence-corrected chi connectivity index (χ4v) is 2.86. The van der Waals surface area contributed by atoms with E-state index in [1.54, 1.807) is 24.5 Å². The Bertz CT molecular complexity index is 1060. The number of nitrogens with zero attached hydrogens (tertiary/aromatic N) is 6. The average Bonchev–Trinajstić information content (AvgIpc) is 3.34. The lowest BCUT2D eigenvalue weighted by Gasteiger charge is -2.14. The summed E-state index contributed by atoms with van der Waals surface area (Å²) in [6.45, 7) is 1.78. The summed E-state index contributed by atoms with van der Waals surface area (Å²) >= 11 is 0. The van der Waals surface area contributed by atoms with Crippen molar-refractivity contribution in [3.63, 3.8) is 0 Å². The molecule has 1 aromatic carbocycles. The van der Waals surface area contributed by atoms with Gasteiger partial charge in [-0.2, -0.15) is 0 Å². The van der Waals surface area contributed by atoms with Crippen molar-refractivity contribution < 1.29 is 18.7 Å². The normalized spacial score (nSPS) is 16.0. The van der Waals surface area contributed by atoms with Gasteiger partial charge in [-0.15, -0.1) is 5.10 Å². The molecule has 0 spiro atoms. The lowest BCUT2D eigenvalue weighted by molar-refractivity contribution is -0.119. The van der Waals surface area contributed by atoms with Gasteiger partial charge in [-0.3, -0.25) is 9.69 Å². The SMILES string of the molecule is CC(=O)NC[C@H]1CN(c2ccc(-n3cc(-c4ncccn4)nn3)c(F)c2)C(=O)O1. The van der Waals surface area contributed by atoms with E-state index in [4.69, 9.17) is 4.74 Å². The van der Waals surface area contributed by atoms with Crippen LogP contribution in [0.15, 0.2) is 42.9 Å². The topological polar surface area (TPSA) is 115 Å². The first-order valence-electron chi connectivity index (χ1n) is 8.73. The van der Waals surface area contributed by atoms with Crippen LogP contribution >= 0.6 is 0 Å². The van der Waals surface area contributed by atoms with E-state index in [-0.39, 0.29) is 24.7 Å². The molecule has 0 saturated carbocycles. The van der Waals surface area contributed by atoms with Gasteiger partial charge in [-0.05, 0) is 24.3 Å². The molecule has 3 aromatic rings. The Labute approximate surface area is 164 Å². The fraction of sp³-hybridized carbons (Fsp3) is 0.222. The molecule has 2 amide bonds. The van der Waals surface area contributed by atoms with Crippen molar-refractivity contribution in [1.29, 1.82) is 0 Å². The Hall–Kier alpha value is -3.89.